The minimum Gasteiger partial charge on any atom is -0.493 e. The first-order valence-electron chi connectivity index (χ1n) is 7.92. The van der Waals surface area contributed by atoms with Gasteiger partial charge in [-0.15, -0.1) is 0 Å². The summed E-state index contributed by atoms with van der Waals surface area (Å²) in [5.74, 6) is 0.858. The minimum atomic E-state index is -0.625. The highest BCUT2D eigenvalue weighted by molar-refractivity contribution is 5.69. The van der Waals surface area contributed by atoms with Crippen molar-refractivity contribution in [1.82, 2.24) is 5.32 Å². The number of carboxylic acids is 1. The molecule has 0 amide bonds. The van der Waals surface area contributed by atoms with Crippen molar-refractivity contribution in [2.24, 2.45) is 11.8 Å². The number of carbonyl (C=O) groups is 1. The molecule has 1 saturated carbocycles. The van der Waals surface area contributed by atoms with Crippen LogP contribution < -0.4 is 10.1 Å². The van der Waals surface area contributed by atoms with Gasteiger partial charge in [0.15, 0.2) is 0 Å². The first-order valence-corrected chi connectivity index (χ1v) is 7.92. The van der Waals surface area contributed by atoms with Crippen molar-refractivity contribution < 1.29 is 14.6 Å². The van der Waals surface area contributed by atoms with E-state index in [9.17, 15) is 4.79 Å². The van der Waals surface area contributed by atoms with Crippen molar-refractivity contribution in [2.45, 2.75) is 38.1 Å². The number of carboxylic acid groups (broad SMARTS) is 1. The quantitative estimate of drug-likeness (QED) is 0.894. The molecular weight excluding hydrogens is 266 g/mol. The van der Waals surface area contributed by atoms with Gasteiger partial charge >= 0.3 is 5.97 Å². The Hall–Kier alpha value is -1.55. The minimum absolute atomic E-state index is 0.120. The Bertz CT molecular complexity index is 495. The molecule has 2 aliphatic rings. The molecule has 0 spiro atoms. The molecule has 1 aromatic rings. The van der Waals surface area contributed by atoms with Gasteiger partial charge in [-0.2, -0.15) is 0 Å². The van der Waals surface area contributed by atoms with Gasteiger partial charge < -0.3 is 15.2 Å². The molecular formula is C17H23NO3. The van der Waals surface area contributed by atoms with Crippen LogP contribution in [-0.2, 0) is 4.79 Å². The summed E-state index contributed by atoms with van der Waals surface area (Å²) >= 11 is 0. The van der Waals surface area contributed by atoms with Crippen LogP contribution in [0.15, 0.2) is 24.3 Å². The molecule has 1 aromatic carbocycles. The fraction of sp³-hybridized carbons (Fsp3) is 0.588. The summed E-state index contributed by atoms with van der Waals surface area (Å²) in [5, 5.41) is 12.7. The lowest BCUT2D eigenvalue weighted by atomic mass is 9.82. The molecule has 1 aliphatic carbocycles. The summed E-state index contributed by atoms with van der Waals surface area (Å²) < 4.78 is 5.68. The number of hydrogen-bond donors (Lipinski definition) is 2. The van der Waals surface area contributed by atoms with Crippen molar-refractivity contribution in [2.75, 3.05) is 13.2 Å². The summed E-state index contributed by atoms with van der Waals surface area (Å²) in [6.45, 7) is 1.74. The van der Waals surface area contributed by atoms with Crippen LogP contribution in [-0.4, -0.2) is 24.2 Å². The highest BCUT2D eigenvalue weighted by atomic mass is 16.5. The largest absolute Gasteiger partial charge is 0.493 e. The second kappa shape index (κ2) is 6.48. The van der Waals surface area contributed by atoms with Gasteiger partial charge in [0, 0.05) is 18.0 Å². The van der Waals surface area contributed by atoms with E-state index in [0.717, 1.165) is 51.0 Å². The van der Waals surface area contributed by atoms with E-state index in [1.165, 1.54) is 5.56 Å². The standard InChI is InChI=1S/C17H23NO3/c19-17(20)13-7-5-12(6-8-13)11-18-15-9-10-21-16-4-2-1-3-14(15)16/h1-4,12-13,15,18H,5-11H2,(H,19,20). The van der Waals surface area contributed by atoms with Crippen LogP contribution in [0.4, 0.5) is 0 Å². The predicted molar refractivity (Wildman–Crippen MR) is 80.4 cm³/mol. The second-order valence-electron chi connectivity index (χ2n) is 6.19. The van der Waals surface area contributed by atoms with Gasteiger partial charge in [0.2, 0.25) is 0 Å². The van der Waals surface area contributed by atoms with Gasteiger partial charge in [-0.25, -0.2) is 0 Å². The third kappa shape index (κ3) is 3.38. The van der Waals surface area contributed by atoms with Crippen LogP contribution >= 0.6 is 0 Å². The maximum absolute atomic E-state index is 11.0. The highest BCUT2D eigenvalue weighted by Gasteiger charge is 2.27. The maximum Gasteiger partial charge on any atom is 0.306 e. The average molecular weight is 289 g/mol. The van der Waals surface area contributed by atoms with Gasteiger partial charge in [-0.05, 0) is 44.2 Å². The summed E-state index contributed by atoms with van der Waals surface area (Å²) in [6, 6.07) is 8.59. The lowest BCUT2D eigenvalue weighted by Gasteiger charge is -2.31. The van der Waals surface area contributed by atoms with Gasteiger partial charge in [-0.1, -0.05) is 18.2 Å². The zero-order chi connectivity index (χ0) is 14.7. The molecule has 1 unspecified atom stereocenters. The SMILES string of the molecule is O=C(O)C1CCC(CNC2CCOc3ccccc32)CC1. The van der Waals surface area contributed by atoms with E-state index in [2.05, 4.69) is 17.4 Å². The third-order valence-electron chi connectivity index (χ3n) is 4.81. The molecule has 0 bridgehead atoms. The van der Waals surface area contributed by atoms with Crippen molar-refractivity contribution in [1.29, 1.82) is 0 Å². The lowest BCUT2D eigenvalue weighted by molar-refractivity contribution is -0.143. The molecule has 1 fully saturated rings. The maximum atomic E-state index is 11.0. The Kier molecular flexibility index (Phi) is 4.44. The zero-order valence-corrected chi connectivity index (χ0v) is 12.3. The first kappa shape index (κ1) is 14.4. The molecule has 3 rings (SSSR count). The van der Waals surface area contributed by atoms with Crippen molar-refractivity contribution in [3.8, 4) is 5.75 Å². The fourth-order valence-corrected chi connectivity index (χ4v) is 3.48. The smallest absolute Gasteiger partial charge is 0.306 e. The molecule has 0 aromatic heterocycles. The number of aliphatic carboxylic acids is 1. The van der Waals surface area contributed by atoms with Crippen LogP contribution in [0.25, 0.3) is 0 Å². The van der Waals surface area contributed by atoms with Gasteiger partial charge in [0.1, 0.15) is 5.75 Å². The van der Waals surface area contributed by atoms with Crippen molar-refractivity contribution >= 4 is 5.97 Å². The molecule has 1 atom stereocenters. The van der Waals surface area contributed by atoms with Crippen molar-refractivity contribution in [3.05, 3.63) is 29.8 Å². The van der Waals surface area contributed by atoms with E-state index in [-0.39, 0.29) is 5.92 Å². The molecule has 2 N–H and O–H groups in total. The number of fused-ring (bicyclic) bond motifs is 1. The number of ether oxygens (including phenoxy) is 1. The van der Waals surface area contributed by atoms with E-state index in [1.54, 1.807) is 0 Å². The Morgan fingerprint density at radius 2 is 1.95 bits per heavy atom. The number of rotatable bonds is 4. The molecule has 1 aliphatic heterocycles. The number of nitrogens with one attached hydrogen (secondary N) is 1. The van der Waals surface area contributed by atoms with Gasteiger partial charge in [-0.3, -0.25) is 4.79 Å². The monoisotopic (exact) mass is 289 g/mol. The van der Waals surface area contributed by atoms with E-state index in [0.29, 0.717) is 12.0 Å². The van der Waals surface area contributed by atoms with Crippen LogP contribution in [0, 0.1) is 11.8 Å². The summed E-state index contributed by atoms with van der Waals surface area (Å²) in [7, 11) is 0. The summed E-state index contributed by atoms with van der Waals surface area (Å²) in [5.41, 5.74) is 1.25. The van der Waals surface area contributed by atoms with E-state index < -0.39 is 5.97 Å². The number of para-hydroxylation sites is 1. The van der Waals surface area contributed by atoms with Crippen LogP contribution in [0.5, 0.6) is 5.75 Å². The second-order valence-corrected chi connectivity index (χ2v) is 6.19. The lowest BCUT2D eigenvalue weighted by Crippen LogP contribution is -2.33. The van der Waals surface area contributed by atoms with E-state index in [1.807, 2.05) is 12.1 Å². The highest BCUT2D eigenvalue weighted by Crippen LogP contribution is 2.33. The Morgan fingerprint density at radius 3 is 2.71 bits per heavy atom. The first-order chi connectivity index (χ1) is 10.2. The Morgan fingerprint density at radius 1 is 1.19 bits per heavy atom. The van der Waals surface area contributed by atoms with Crippen molar-refractivity contribution in [3.63, 3.8) is 0 Å². The predicted octanol–water partition coefficient (Wildman–Crippen LogP) is 2.99. The molecule has 4 heteroatoms. The van der Waals surface area contributed by atoms with E-state index in [4.69, 9.17) is 9.84 Å². The number of benzene rings is 1. The molecule has 21 heavy (non-hydrogen) atoms. The van der Waals surface area contributed by atoms with Gasteiger partial charge in [0.25, 0.3) is 0 Å². The average Bonchev–Trinajstić information content (AvgIpc) is 2.53. The summed E-state index contributed by atoms with van der Waals surface area (Å²) in [4.78, 5) is 11.0. The Balaban J connectivity index is 1.52. The van der Waals surface area contributed by atoms with E-state index >= 15 is 0 Å². The summed E-state index contributed by atoms with van der Waals surface area (Å²) in [6.07, 6.45) is 4.70. The zero-order valence-electron chi connectivity index (χ0n) is 12.3. The molecule has 0 saturated heterocycles. The van der Waals surface area contributed by atoms with Crippen LogP contribution in [0.1, 0.15) is 43.7 Å². The van der Waals surface area contributed by atoms with Crippen LogP contribution in [0.3, 0.4) is 0 Å². The topological polar surface area (TPSA) is 58.6 Å². The normalized spacial score (nSPS) is 28.5. The molecule has 0 radical (unpaired) electrons. The molecule has 114 valence electrons. The molecule has 4 nitrogen and oxygen atoms in total. The molecule has 1 heterocycles. The fourth-order valence-electron chi connectivity index (χ4n) is 3.48. The third-order valence-corrected chi connectivity index (χ3v) is 4.81. The number of hydrogen-bond acceptors (Lipinski definition) is 3. The Labute approximate surface area is 125 Å². The van der Waals surface area contributed by atoms with Crippen LogP contribution in [0.2, 0.25) is 0 Å². The van der Waals surface area contributed by atoms with Gasteiger partial charge in [0.05, 0.1) is 12.5 Å².